The molecule has 0 aliphatic rings. The molecule has 0 atom stereocenters. The summed E-state index contributed by atoms with van der Waals surface area (Å²) >= 11 is 0. The van der Waals surface area contributed by atoms with E-state index in [9.17, 15) is 4.79 Å². The third kappa shape index (κ3) is 6.30. The maximum Gasteiger partial charge on any atom is 0.251 e. The summed E-state index contributed by atoms with van der Waals surface area (Å²) in [6.45, 7) is 0. The summed E-state index contributed by atoms with van der Waals surface area (Å²) in [5.74, 6) is 2.67. The molecule has 1 heterocycles. The van der Waals surface area contributed by atoms with Gasteiger partial charge >= 0.3 is 0 Å². The number of pyridine rings is 1. The fourth-order valence-electron chi connectivity index (χ4n) is 2.08. The molecule has 1 aromatic heterocycles. The molecule has 18 heavy (non-hydrogen) atoms. The molecule has 0 radical (unpaired) electrons. The van der Waals surface area contributed by atoms with Gasteiger partial charge in [0.1, 0.15) is 0 Å². The standard InChI is InChI=1S/C16H23NO/c1-2-3-4-5-6-7-8-9-10-12-15-13-11-14-17-16(15)18/h1,11,13-14H,3-10,12H2,(H,17,18). The number of aromatic nitrogens is 1. The zero-order valence-corrected chi connectivity index (χ0v) is 11.1. The van der Waals surface area contributed by atoms with E-state index in [1.165, 1.54) is 32.1 Å². The van der Waals surface area contributed by atoms with Crippen LogP contribution < -0.4 is 5.56 Å². The first-order valence-corrected chi connectivity index (χ1v) is 6.94. The lowest BCUT2D eigenvalue weighted by molar-refractivity contribution is 0.582. The minimum absolute atomic E-state index is 0.0618. The lowest BCUT2D eigenvalue weighted by atomic mass is 10.0. The van der Waals surface area contributed by atoms with Gasteiger partial charge < -0.3 is 4.98 Å². The zero-order chi connectivity index (χ0) is 13.1. The van der Waals surface area contributed by atoms with Crippen molar-refractivity contribution < 1.29 is 0 Å². The summed E-state index contributed by atoms with van der Waals surface area (Å²) in [7, 11) is 0. The van der Waals surface area contributed by atoms with Crippen LogP contribution in [0.1, 0.15) is 56.9 Å². The van der Waals surface area contributed by atoms with Crippen LogP contribution >= 0.6 is 0 Å². The highest BCUT2D eigenvalue weighted by atomic mass is 16.1. The van der Waals surface area contributed by atoms with Gasteiger partial charge in [0.25, 0.3) is 5.56 Å². The van der Waals surface area contributed by atoms with E-state index in [1.54, 1.807) is 6.20 Å². The van der Waals surface area contributed by atoms with E-state index >= 15 is 0 Å². The summed E-state index contributed by atoms with van der Waals surface area (Å²) < 4.78 is 0. The molecule has 0 bridgehead atoms. The Morgan fingerprint density at radius 3 is 2.39 bits per heavy atom. The zero-order valence-electron chi connectivity index (χ0n) is 11.1. The first-order chi connectivity index (χ1) is 8.84. The molecule has 1 rings (SSSR count). The predicted molar refractivity (Wildman–Crippen MR) is 76.5 cm³/mol. The van der Waals surface area contributed by atoms with Crippen molar-refractivity contribution in [2.45, 2.75) is 57.8 Å². The van der Waals surface area contributed by atoms with Gasteiger partial charge in [-0.25, -0.2) is 0 Å². The monoisotopic (exact) mass is 245 g/mol. The smallest absolute Gasteiger partial charge is 0.251 e. The number of unbranched alkanes of at least 4 members (excludes halogenated alkanes) is 7. The SMILES string of the molecule is C#CCCCCCCCCCc1ccc[nH]c1=O. The molecule has 0 unspecified atom stereocenters. The van der Waals surface area contributed by atoms with Gasteiger partial charge in [-0.3, -0.25) is 4.79 Å². The Hall–Kier alpha value is -1.49. The highest BCUT2D eigenvalue weighted by Gasteiger charge is 1.97. The molecule has 2 heteroatoms. The van der Waals surface area contributed by atoms with E-state index in [4.69, 9.17) is 6.42 Å². The second-order valence-corrected chi connectivity index (χ2v) is 4.70. The van der Waals surface area contributed by atoms with E-state index in [1.807, 2.05) is 12.1 Å². The first kappa shape index (κ1) is 14.6. The average Bonchev–Trinajstić information content (AvgIpc) is 2.39. The summed E-state index contributed by atoms with van der Waals surface area (Å²) in [5.41, 5.74) is 0.971. The fourth-order valence-corrected chi connectivity index (χ4v) is 2.08. The number of aryl methyl sites for hydroxylation is 1. The maximum absolute atomic E-state index is 11.4. The molecule has 0 aromatic carbocycles. The van der Waals surface area contributed by atoms with E-state index in [0.717, 1.165) is 31.2 Å². The van der Waals surface area contributed by atoms with Gasteiger partial charge in [-0.1, -0.05) is 38.2 Å². The van der Waals surface area contributed by atoms with Crippen molar-refractivity contribution in [2.75, 3.05) is 0 Å². The Kier molecular flexibility index (Phi) is 7.72. The first-order valence-electron chi connectivity index (χ1n) is 6.94. The quantitative estimate of drug-likeness (QED) is 0.522. The van der Waals surface area contributed by atoms with Crippen LogP contribution in [0.2, 0.25) is 0 Å². The fraction of sp³-hybridized carbons (Fsp3) is 0.562. The second kappa shape index (κ2) is 9.53. The van der Waals surface area contributed by atoms with Crippen molar-refractivity contribution in [2.24, 2.45) is 0 Å². The normalized spacial score (nSPS) is 10.2. The second-order valence-electron chi connectivity index (χ2n) is 4.70. The number of H-pyrrole nitrogens is 1. The molecule has 0 aliphatic heterocycles. The third-order valence-corrected chi connectivity index (χ3v) is 3.17. The Morgan fingerprint density at radius 1 is 1.06 bits per heavy atom. The Balaban J connectivity index is 1.98. The Labute approximate surface area is 110 Å². The molecule has 0 saturated carbocycles. The van der Waals surface area contributed by atoms with E-state index in [2.05, 4.69) is 10.9 Å². The highest BCUT2D eigenvalue weighted by molar-refractivity contribution is 5.08. The van der Waals surface area contributed by atoms with Crippen molar-refractivity contribution in [1.29, 1.82) is 0 Å². The van der Waals surface area contributed by atoms with Crippen molar-refractivity contribution in [1.82, 2.24) is 4.98 Å². The Bertz CT molecular complexity index is 414. The predicted octanol–water partition coefficient (Wildman–Crippen LogP) is 3.67. The molecule has 98 valence electrons. The van der Waals surface area contributed by atoms with Gasteiger partial charge in [0.15, 0.2) is 0 Å². The summed E-state index contributed by atoms with van der Waals surface area (Å²) in [4.78, 5) is 14.1. The van der Waals surface area contributed by atoms with Crippen LogP contribution in [0, 0.1) is 12.3 Å². The van der Waals surface area contributed by atoms with Gasteiger partial charge in [0, 0.05) is 18.2 Å². The van der Waals surface area contributed by atoms with E-state index in [-0.39, 0.29) is 5.56 Å². The molecule has 0 aliphatic carbocycles. The van der Waals surface area contributed by atoms with Crippen LogP contribution in [0.5, 0.6) is 0 Å². The number of rotatable bonds is 9. The van der Waals surface area contributed by atoms with E-state index in [0.29, 0.717) is 0 Å². The molecule has 0 amide bonds. The molecule has 1 N–H and O–H groups in total. The van der Waals surface area contributed by atoms with Gasteiger partial charge in [-0.05, 0) is 25.3 Å². The lowest BCUT2D eigenvalue weighted by Crippen LogP contribution is -2.10. The summed E-state index contributed by atoms with van der Waals surface area (Å²) in [6, 6.07) is 3.81. The molecular weight excluding hydrogens is 222 g/mol. The van der Waals surface area contributed by atoms with Crippen LogP contribution in [0.4, 0.5) is 0 Å². The van der Waals surface area contributed by atoms with E-state index < -0.39 is 0 Å². The van der Waals surface area contributed by atoms with Gasteiger partial charge in [-0.15, -0.1) is 12.3 Å². The number of terminal acetylenes is 1. The van der Waals surface area contributed by atoms with Crippen molar-refractivity contribution in [3.05, 3.63) is 34.2 Å². The highest BCUT2D eigenvalue weighted by Crippen LogP contribution is 2.09. The molecular formula is C16H23NO. The molecule has 0 spiro atoms. The van der Waals surface area contributed by atoms with Crippen LogP contribution in [0.25, 0.3) is 0 Å². The number of nitrogens with one attached hydrogen (secondary N) is 1. The van der Waals surface area contributed by atoms with Gasteiger partial charge in [0.05, 0.1) is 0 Å². The minimum Gasteiger partial charge on any atom is -0.329 e. The molecule has 2 nitrogen and oxygen atoms in total. The third-order valence-electron chi connectivity index (χ3n) is 3.17. The topological polar surface area (TPSA) is 32.9 Å². The van der Waals surface area contributed by atoms with Gasteiger partial charge in [0.2, 0.25) is 0 Å². The molecule has 1 aromatic rings. The maximum atomic E-state index is 11.4. The lowest BCUT2D eigenvalue weighted by Gasteiger charge is -2.01. The number of hydrogen-bond donors (Lipinski definition) is 1. The summed E-state index contributed by atoms with van der Waals surface area (Å²) in [5, 5.41) is 0. The molecule has 0 saturated heterocycles. The van der Waals surface area contributed by atoms with Crippen molar-refractivity contribution >= 4 is 0 Å². The number of hydrogen-bond acceptors (Lipinski definition) is 1. The average molecular weight is 245 g/mol. The largest absolute Gasteiger partial charge is 0.329 e. The van der Waals surface area contributed by atoms with Gasteiger partial charge in [-0.2, -0.15) is 0 Å². The van der Waals surface area contributed by atoms with Crippen LogP contribution in [-0.4, -0.2) is 4.98 Å². The van der Waals surface area contributed by atoms with Crippen LogP contribution in [0.15, 0.2) is 23.1 Å². The summed E-state index contributed by atoms with van der Waals surface area (Å²) in [6.07, 6.45) is 17.3. The Morgan fingerprint density at radius 2 is 1.72 bits per heavy atom. The van der Waals surface area contributed by atoms with Crippen molar-refractivity contribution in [3.63, 3.8) is 0 Å². The number of aromatic amines is 1. The van der Waals surface area contributed by atoms with Crippen molar-refractivity contribution in [3.8, 4) is 12.3 Å². The minimum atomic E-state index is 0.0618. The van der Waals surface area contributed by atoms with Crippen LogP contribution in [-0.2, 0) is 6.42 Å². The van der Waals surface area contributed by atoms with Crippen LogP contribution in [0.3, 0.4) is 0 Å². The molecule has 0 fully saturated rings.